The second-order valence-electron chi connectivity index (χ2n) is 9.41. The molecule has 5 rings (SSSR count). The number of para-hydroxylation sites is 2. The first kappa shape index (κ1) is 26.6. The van der Waals surface area contributed by atoms with Crippen molar-refractivity contribution in [2.45, 2.75) is 25.5 Å². The topological polar surface area (TPSA) is 76.5 Å². The minimum atomic E-state index is -0.253. The van der Waals surface area contributed by atoms with Gasteiger partial charge in [-0.2, -0.15) is 5.10 Å². The van der Waals surface area contributed by atoms with Gasteiger partial charge >= 0.3 is 0 Å². The molecule has 8 heteroatoms. The van der Waals surface area contributed by atoms with Gasteiger partial charge in [0.05, 0.1) is 29.5 Å². The Bertz CT molecular complexity index is 1480. The molecular weight excluding hydrogens is 508 g/mol. The molecule has 3 aromatic carbocycles. The van der Waals surface area contributed by atoms with Crippen LogP contribution in [0.5, 0.6) is 5.75 Å². The van der Waals surface area contributed by atoms with Gasteiger partial charge in [0.15, 0.2) is 0 Å². The van der Waals surface area contributed by atoms with Crippen LogP contribution in [0.25, 0.3) is 16.9 Å². The minimum Gasteiger partial charge on any atom is -0.496 e. The summed E-state index contributed by atoms with van der Waals surface area (Å²) in [5, 5.41) is 7.84. The molecule has 2 heterocycles. The third-order valence-electron chi connectivity index (χ3n) is 6.78. The second kappa shape index (κ2) is 11.8. The zero-order valence-corrected chi connectivity index (χ0v) is 23.2. The lowest BCUT2D eigenvalue weighted by Gasteiger charge is -2.24. The number of carbonyl (C=O) groups excluding carboxylic acids is 2. The van der Waals surface area contributed by atoms with Gasteiger partial charge in [-0.3, -0.25) is 14.5 Å². The van der Waals surface area contributed by atoms with Crippen LogP contribution in [0.15, 0.2) is 78.9 Å². The van der Waals surface area contributed by atoms with E-state index in [1.807, 2.05) is 97.4 Å². The average molecular weight is 541 g/mol. The summed E-state index contributed by atoms with van der Waals surface area (Å²) in [6, 6.07) is 25.8. The molecule has 39 heavy (non-hydrogen) atoms. The normalized spacial score (nSPS) is 15.0. The smallest absolute Gasteiger partial charge is 0.240 e. The predicted molar refractivity (Wildman–Crippen MR) is 157 cm³/mol. The van der Waals surface area contributed by atoms with E-state index in [0.29, 0.717) is 12.4 Å². The zero-order valence-electron chi connectivity index (χ0n) is 22.4. The third-order valence-corrected chi connectivity index (χ3v) is 8.01. The van der Waals surface area contributed by atoms with Gasteiger partial charge in [0.2, 0.25) is 11.8 Å². The van der Waals surface area contributed by atoms with Crippen molar-refractivity contribution in [1.82, 2.24) is 15.1 Å². The number of nitrogens with zero attached hydrogens (tertiary/aromatic N) is 3. The number of anilines is 1. The van der Waals surface area contributed by atoms with Gasteiger partial charge in [0.1, 0.15) is 18.1 Å². The van der Waals surface area contributed by atoms with E-state index < -0.39 is 0 Å². The molecule has 1 aliphatic rings. The molecule has 0 spiro atoms. The number of nitrogens with one attached hydrogen (secondary N) is 1. The van der Waals surface area contributed by atoms with Crippen molar-refractivity contribution < 1.29 is 14.3 Å². The number of ether oxygens (including phenoxy) is 1. The number of amides is 2. The molecular formula is C31H32N4O3S. The van der Waals surface area contributed by atoms with Gasteiger partial charge in [0.25, 0.3) is 0 Å². The fourth-order valence-corrected chi connectivity index (χ4v) is 6.11. The van der Waals surface area contributed by atoms with E-state index in [4.69, 9.17) is 9.84 Å². The van der Waals surface area contributed by atoms with Crippen molar-refractivity contribution in [1.29, 1.82) is 0 Å². The molecule has 0 bridgehead atoms. The van der Waals surface area contributed by atoms with E-state index in [1.165, 1.54) is 11.8 Å². The number of aromatic nitrogens is 2. The molecule has 200 valence electrons. The predicted octanol–water partition coefficient (Wildman–Crippen LogP) is 5.55. The Hall–Kier alpha value is -4.04. The molecule has 2 amide bonds. The number of fused-ring (bicyclic) bond motifs is 1. The number of rotatable bonds is 8. The Morgan fingerprint density at radius 1 is 1.05 bits per heavy atom. The van der Waals surface area contributed by atoms with Crippen molar-refractivity contribution in [3.8, 4) is 22.7 Å². The number of thioether (sulfide) groups is 1. The molecule has 4 aromatic rings. The lowest BCUT2D eigenvalue weighted by molar-refractivity contribution is -0.122. The molecule has 0 unspecified atom stereocenters. The van der Waals surface area contributed by atoms with Crippen LogP contribution in [-0.4, -0.2) is 47.5 Å². The van der Waals surface area contributed by atoms with E-state index in [2.05, 4.69) is 5.32 Å². The first-order valence-corrected chi connectivity index (χ1v) is 14.1. The molecule has 0 radical (unpaired) electrons. The molecule has 1 atom stereocenters. The van der Waals surface area contributed by atoms with Crippen LogP contribution in [0.3, 0.4) is 0 Å². The minimum absolute atomic E-state index is 0.0865. The number of carbonyl (C=O) groups is 2. The van der Waals surface area contributed by atoms with E-state index in [0.717, 1.165) is 45.8 Å². The maximum absolute atomic E-state index is 13.8. The van der Waals surface area contributed by atoms with Gasteiger partial charge in [-0.25, -0.2) is 4.68 Å². The molecule has 0 fully saturated rings. The number of methoxy groups -OCH3 is 1. The Morgan fingerprint density at radius 2 is 1.77 bits per heavy atom. The summed E-state index contributed by atoms with van der Waals surface area (Å²) >= 11 is 1.53. The highest BCUT2D eigenvalue weighted by Gasteiger charge is 2.38. The van der Waals surface area contributed by atoms with Crippen LogP contribution >= 0.6 is 11.8 Å². The first-order chi connectivity index (χ1) is 19.0. The van der Waals surface area contributed by atoms with E-state index in [1.54, 1.807) is 12.0 Å². The first-order valence-electron chi connectivity index (χ1n) is 13.1. The molecule has 1 N–H and O–H groups in total. The summed E-state index contributed by atoms with van der Waals surface area (Å²) in [6.45, 7) is 4.49. The molecule has 0 saturated carbocycles. The molecule has 0 aliphatic carbocycles. The number of aryl methyl sites for hydroxylation is 1. The number of hydrogen-bond donors (Lipinski definition) is 1. The van der Waals surface area contributed by atoms with Crippen LogP contribution in [-0.2, 0) is 9.59 Å². The maximum atomic E-state index is 13.8. The third kappa shape index (κ3) is 5.29. The zero-order chi connectivity index (χ0) is 27.4. The second-order valence-corrected chi connectivity index (χ2v) is 10.5. The number of hydrogen-bond acceptors (Lipinski definition) is 5. The highest BCUT2D eigenvalue weighted by Crippen LogP contribution is 2.50. The fraction of sp³-hybridized carbons (Fsp3) is 0.258. The molecule has 0 saturated heterocycles. The van der Waals surface area contributed by atoms with Crippen LogP contribution in [0, 0.1) is 6.92 Å². The maximum Gasteiger partial charge on any atom is 0.240 e. The van der Waals surface area contributed by atoms with Crippen molar-refractivity contribution in [3.05, 3.63) is 95.6 Å². The largest absolute Gasteiger partial charge is 0.496 e. The summed E-state index contributed by atoms with van der Waals surface area (Å²) < 4.78 is 7.61. The van der Waals surface area contributed by atoms with Crippen molar-refractivity contribution >= 4 is 29.4 Å². The van der Waals surface area contributed by atoms with Gasteiger partial charge in [-0.15, -0.1) is 11.8 Å². The monoisotopic (exact) mass is 540 g/mol. The van der Waals surface area contributed by atoms with Gasteiger partial charge < -0.3 is 10.1 Å². The summed E-state index contributed by atoms with van der Waals surface area (Å²) in [4.78, 5) is 28.4. The van der Waals surface area contributed by atoms with Crippen LogP contribution in [0.1, 0.15) is 35.3 Å². The Kier molecular flexibility index (Phi) is 8.02. The fourth-order valence-electron chi connectivity index (χ4n) is 4.89. The average Bonchev–Trinajstić information content (AvgIpc) is 3.29. The van der Waals surface area contributed by atoms with Crippen LogP contribution in [0.2, 0.25) is 0 Å². The molecule has 1 aromatic heterocycles. The van der Waals surface area contributed by atoms with E-state index >= 15 is 0 Å². The SMILES string of the molecule is CCCNC(=O)CN1C(=O)CS[C@H](c2ccccc2OC)c2c(-c3ccccc3)nn(-c3ccccc3C)c21. The Balaban J connectivity index is 1.82. The van der Waals surface area contributed by atoms with Crippen molar-refractivity contribution in [2.24, 2.45) is 0 Å². The highest BCUT2D eigenvalue weighted by atomic mass is 32.2. The van der Waals surface area contributed by atoms with E-state index in [-0.39, 0.29) is 29.4 Å². The lowest BCUT2D eigenvalue weighted by Crippen LogP contribution is -2.42. The quantitative estimate of drug-likeness (QED) is 0.317. The Labute approximate surface area is 233 Å². The number of benzene rings is 3. The standard InChI is InChI=1S/C31H32N4O3S/c1-4-18-32-26(36)19-34-27(37)20-39-30(23-15-9-11-17-25(23)38-3)28-29(22-13-6-5-7-14-22)33-35(31(28)34)24-16-10-8-12-21(24)2/h5-17,30H,4,18-20H2,1-3H3,(H,32,36)/t30-/m1/s1. The van der Waals surface area contributed by atoms with Crippen molar-refractivity contribution in [2.75, 3.05) is 30.9 Å². The summed E-state index contributed by atoms with van der Waals surface area (Å²) in [5.74, 6) is 1.22. The van der Waals surface area contributed by atoms with Crippen molar-refractivity contribution in [3.63, 3.8) is 0 Å². The molecule has 1 aliphatic heterocycles. The lowest BCUT2D eigenvalue weighted by atomic mass is 9.99. The van der Waals surface area contributed by atoms with Crippen LogP contribution < -0.4 is 15.0 Å². The van der Waals surface area contributed by atoms with Gasteiger partial charge in [0, 0.05) is 23.2 Å². The van der Waals surface area contributed by atoms with Crippen LogP contribution in [0.4, 0.5) is 5.82 Å². The van der Waals surface area contributed by atoms with E-state index in [9.17, 15) is 9.59 Å². The summed E-state index contributed by atoms with van der Waals surface area (Å²) in [7, 11) is 1.66. The summed E-state index contributed by atoms with van der Waals surface area (Å²) in [5.41, 5.74) is 5.41. The van der Waals surface area contributed by atoms with Gasteiger partial charge in [-0.05, 0) is 31.0 Å². The summed E-state index contributed by atoms with van der Waals surface area (Å²) in [6.07, 6.45) is 0.815. The van der Waals surface area contributed by atoms with Gasteiger partial charge in [-0.1, -0.05) is 73.7 Å². The Morgan fingerprint density at radius 3 is 2.51 bits per heavy atom. The molecule has 7 nitrogen and oxygen atoms in total. The highest BCUT2D eigenvalue weighted by molar-refractivity contribution is 8.00.